The number of nitrogens with one attached hydrogen (secondary N) is 1. The molecule has 1 heterocycles. The molecular formula is C10H12N4O. The molecule has 3 N–H and O–H groups in total. The van der Waals surface area contributed by atoms with Crippen molar-refractivity contribution in [1.82, 2.24) is 15.2 Å². The van der Waals surface area contributed by atoms with Gasteiger partial charge in [0.05, 0.1) is 0 Å². The van der Waals surface area contributed by atoms with E-state index in [1.165, 1.54) is 5.57 Å². The van der Waals surface area contributed by atoms with Gasteiger partial charge in [-0.25, -0.2) is 4.98 Å². The summed E-state index contributed by atoms with van der Waals surface area (Å²) < 4.78 is 0. The molecule has 0 aromatic carbocycles. The number of amides is 1. The van der Waals surface area contributed by atoms with Gasteiger partial charge in [0.1, 0.15) is 5.82 Å². The number of hydrogen-bond donors (Lipinski definition) is 2. The van der Waals surface area contributed by atoms with E-state index in [1.807, 2.05) is 6.08 Å². The zero-order valence-corrected chi connectivity index (χ0v) is 8.23. The lowest BCUT2D eigenvalue weighted by atomic mass is 10.0. The highest BCUT2D eigenvalue weighted by atomic mass is 16.1. The number of carbonyl (C=O) groups is 1. The standard InChI is InChI=1S/C10H12N4O/c11-9(15)10-12-8(13-14-10)6-7-4-2-1-3-5-7/h1-2,4H,3,5-6H2,(H2,11,15)(H,12,13,14). The minimum atomic E-state index is -0.602. The predicted octanol–water partition coefficient (Wildman–Crippen LogP) is 0.722. The van der Waals surface area contributed by atoms with Crippen molar-refractivity contribution in [2.75, 3.05) is 0 Å². The second-order valence-electron chi connectivity index (χ2n) is 3.44. The van der Waals surface area contributed by atoms with Gasteiger partial charge >= 0.3 is 0 Å². The van der Waals surface area contributed by atoms with Crippen molar-refractivity contribution in [2.24, 2.45) is 5.73 Å². The molecule has 0 saturated heterocycles. The Morgan fingerprint density at radius 3 is 3.07 bits per heavy atom. The number of hydrogen-bond acceptors (Lipinski definition) is 3. The third-order valence-electron chi connectivity index (χ3n) is 2.25. The van der Waals surface area contributed by atoms with Crippen LogP contribution in [0.1, 0.15) is 29.3 Å². The van der Waals surface area contributed by atoms with Crippen LogP contribution in [0, 0.1) is 0 Å². The molecule has 15 heavy (non-hydrogen) atoms. The van der Waals surface area contributed by atoms with E-state index >= 15 is 0 Å². The van der Waals surface area contributed by atoms with Gasteiger partial charge in [0.2, 0.25) is 5.82 Å². The minimum Gasteiger partial charge on any atom is -0.363 e. The smallest absolute Gasteiger partial charge is 0.288 e. The zero-order chi connectivity index (χ0) is 10.7. The fourth-order valence-corrected chi connectivity index (χ4v) is 1.50. The Balaban J connectivity index is 2.07. The van der Waals surface area contributed by atoms with Gasteiger partial charge in [-0.3, -0.25) is 9.89 Å². The summed E-state index contributed by atoms with van der Waals surface area (Å²) in [4.78, 5) is 14.8. The molecule has 0 spiro atoms. The topological polar surface area (TPSA) is 84.7 Å². The third kappa shape index (κ3) is 2.31. The molecule has 1 amide bonds. The Labute approximate surface area is 87.1 Å². The average Bonchev–Trinajstić information content (AvgIpc) is 2.68. The lowest BCUT2D eigenvalue weighted by Crippen LogP contribution is -2.12. The molecule has 0 unspecified atom stereocenters. The van der Waals surface area contributed by atoms with Crippen molar-refractivity contribution in [2.45, 2.75) is 19.3 Å². The summed E-state index contributed by atoms with van der Waals surface area (Å²) >= 11 is 0. The van der Waals surface area contributed by atoms with Gasteiger partial charge in [0.15, 0.2) is 0 Å². The van der Waals surface area contributed by atoms with Crippen LogP contribution in [-0.2, 0) is 6.42 Å². The Morgan fingerprint density at radius 1 is 1.60 bits per heavy atom. The van der Waals surface area contributed by atoms with Crippen molar-refractivity contribution < 1.29 is 4.79 Å². The van der Waals surface area contributed by atoms with E-state index < -0.39 is 5.91 Å². The Morgan fingerprint density at radius 2 is 2.47 bits per heavy atom. The van der Waals surface area contributed by atoms with Crippen molar-refractivity contribution in [3.05, 3.63) is 35.4 Å². The minimum absolute atomic E-state index is 0.0527. The molecule has 1 aliphatic carbocycles. The monoisotopic (exact) mass is 204 g/mol. The summed E-state index contributed by atoms with van der Waals surface area (Å²) in [5, 5.41) is 6.43. The number of aromatic amines is 1. The molecule has 1 aromatic rings. The Kier molecular flexibility index (Phi) is 2.62. The molecule has 78 valence electrons. The maximum absolute atomic E-state index is 10.8. The summed E-state index contributed by atoms with van der Waals surface area (Å²) in [6.07, 6.45) is 9.01. The molecule has 5 heteroatoms. The van der Waals surface area contributed by atoms with Crippen molar-refractivity contribution >= 4 is 5.91 Å². The molecule has 0 fully saturated rings. The van der Waals surface area contributed by atoms with Gasteiger partial charge in [0.25, 0.3) is 5.91 Å². The molecule has 0 saturated carbocycles. The van der Waals surface area contributed by atoms with Crippen LogP contribution >= 0.6 is 0 Å². The summed E-state index contributed by atoms with van der Waals surface area (Å²) in [5.41, 5.74) is 6.33. The highest BCUT2D eigenvalue weighted by molar-refractivity contribution is 5.88. The number of allylic oxidation sites excluding steroid dienone is 4. The van der Waals surface area contributed by atoms with Crippen LogP contribution in [0.2, 0.25) is 0 Å². The quantitative estimate of drug-likeness (QED) is 0.760. The molecule has 2 rings (SSSR count). The first kappa shape index (κ1) is 9.64. The predicted molar refractivity (Wildman–Crippen MR) is 55.1 cm³/mol. The van der Waals surface area contributed by atoms with Gasteiger partial charge < -0.3 is 5.73 Å². The third-order valence-corrected chi connectivity index (χ3v) is 2.25. The van der Waals surface area contributed by atoms with Gasteiger partial charge in [-0.1, -0.05) is 23.8 Å². The van der Waals surface area contributed by atoms with Crippen molar-refractivity contribution in [3.63, 3.8) is 0 Å². The zero-order valence-electron chi connectivity index (χ0n) is 8.23. The summed E-state index contributed by atoms with van der Waals surface area (Å²) in [6, 6.07) is 0. The first-order chi connectivity index (χ1) is 7.25. The number of primary amides is 1. The second kappa shape index (κ2) is 4.08. The number of nitrogens with zero attached hydrogens (tertiary/aromatic N) is 2. The van der Waals surface area contributed by atoms with Crippen molar-refractivity contribution in [3.8, 4) is 0 Å². The Bertz CT molecular complexity index is 430. The molecule has 0 aliphatic heterocycles. The second-order valence-corrected chi connectivity index (χ2v) is 3.44. The number of carbonyl (C=O) groups excluding carboxylic acids is 1. The fourth-order valence-electron chi connectivity index (χ4n) is 1.50. The summed E-state index contributed by atoms with van der Waals surface area (Å²) in [6.45, 7) is 0. The van der Waals surface area contributed by atoms with E-state index in [0.29, 0.717) is 12.2 Å². The van der Waals surface area contributed by atoms with Crippen molar-refractivity contribution in [1.29, 1.82) is 0 Å². The normalized spacial score (nSPS) is 15.1. The summed E-state index contributed by atoms with van der Waals surface area (Å²) in [7, 11) is 0. The molecular weight excluding hydrogens is 192 g/mol. The number of rotatable bonds is 3. The van der Waals surface area contributed by atoms with Crippen LogP contribution in [0.3, 0.4) is 0 Å². The maximum Gasteiger partial charge on any atom is 0.288 e. The highest BCUT2D eigenvalue weighted by Gasteiger charge is 2.09. The summed E-state index contributed by atoms with van der Waals surface area (Å²) in [5.74, 6) is 0.136. The van der Waals surface area contributed by atoms with Crippen LogP contribution in [0.15, 0.2) is 23.8 Å². The fraction of sp³-hybridized carbons (Fsp3) is 0.300. The van der Waals surface area contributed by atoms with Crippen LogP contribution in [0.25, 0.3) is 0 Å². The lowest BCUT2D eigenvalue weighted by Gasteiger charge is -2.05. The van der Waals surface area contributed by atoms with Crippen LogP contribution in [-0.4, -0.2) is 21.1 Å². The van der Waals surface area contributed by atoms with Gasteiger partial charge in [-0.2, -0.15) is 0 Å². The molecule has 0 bridgehead atoms. The lowest BCUT2D eigenvalue weighted by molar-refractivity contribution is 0.0991. The largest absolute Gasteiger partial charge is 0.363 e. The molecule has 5 nitrogen and oxygen atoms in total. The average molecular weight is 204 g/mol. The number of aromatic nitrogens is 3. The van der Waals surface area contributed by atoms with Crippen LogP contribution in [0.4, 0.5) is 0 Å². The van der Waals surface area contributed by atoms with Crippen LogP contribution in [0.5, 0.6) is 0 Å². The first-order valence-corrected chi connectivity index (χ1v) is 4.81. The van der Waals surface area contributed by atoms with Gasteiger partial charge in [-0.05, 0) is 12.8 Å². The number of nitrogens with two attached hydrogens (primary N) is 1. The maximum atomic E-state index is 10.8. The van der Waals surface area contributed by atoms with E-state index in [9.17, 15) is 4.79 Å². The Hall–Kier alpha value is -1.91. The van der Waals surface area contributed by atoms with Gasteiger partial charge in [0, 0.05) is 6.42 Å². The highest BCUT2D eigenvalue weighted by Crippen LogP contribution is 2.15. The van der Waals surface area contributed by atoms with Crippen LogP contribution < -0.4 is 5.73 Å². The van der Waals surface area contributed by atoms with Gasteiger partial charge in [-0.15, -0.1) is 5.10 Å². The molecule has 1 aromatic heterocycles. The van der Waals surface area contributed by atoms with E-state index in [0.717, 1.165) is 12.8 Å². The van der Waals surface area contributed by atoms with E-state index in [1.54, 1.807) is 0 Å². The molecule has 1 aliphatic rings. The van der Waals surface area contributed by atoms with E-state index in [-0.39, 0.29) is 5.82 Å². The first-order valence-electron chi connectivity index (χ1n) is 4.81. The molecule has 0 radical (unpaired) electrons. The van der Waals surface area contributed by atoms with E-state index in [2.05, 4.69) is 27.3 Å². The molecule has 0 atom stereocenters. The van der Waals surface area contributed by atoms with E-state index in [4.69, 9.17) is 5.73 Å². The number of H-pyrrole nitrogens is 1. The SMILES string of the molecule is NC(=O)c1n[nH]c(CC2=CC=CCC2)n1.